The number of benzene rings is 1. The second-order valence-corrected chi connectivity index (χ2v) is 8.62. The summed E-state index contributed by atoms with van der Waals surface area (Å²) in [6.07, 6.45) is -1.38. The molecule has 0 amide bonds. The third kappa shape index (κ3) is 4.53. The highest BCUT2D eigenvalue weighted by molar-refractivity contribution is 5.70. The second-order valence-electron chi connectivity index (χ2n) is 8.62. The van der Waals surface area contributed by atoms with E-state index in [0.717, 1.165) is 37.6 Å². The first-order valence-corrected chi connectivity index (χ1v) is 11.5. The van der Waals surface area contributed by atoms with E-state index in [4.69, 9.17) is 15.2 Å². The van der Waals surface area contributed by atoms with Gasteiger partial charge in [0, 0.05) is 17.3 Å². The zero-order chi connectivity index (χ0) is 25.4. The first-order chi connectivity index (χ1) is 17.2. The van der Waals surface area contributed by atoms with Crippen LogP contribution in [0.5, 0.6) is 11.5 Å². The Bertz CT molecular complexity index is 1410. The van der Waals surface area contributed by atoms with Crippen LogP contribution in [0.1, 0.15) is 24.1 Å². The number of rotatable bonds is 5. The van der Waals surface area contributed by atoms with Gasteiger partial charge < -0.3 is 20.5 Å². The fourth-order valence-corrected chi connectivity index (χ4v) is 4.38. The highest BCUT2D eigenvalue weighted by Gasteiger charge is 2.34. The van der Waals surface area contributed by atoms with Crippen LogP contribution >= 0.6 is 0 Å². The number of piperidine rings is 1. The Morgan fingerprint density at radius 1 is 1.06 bits per heavy atom. The van der Waals surface area contributed by atoms with E-state index in [-0.39, 0.29) is 11.7 Å². The van der Waals surface area contributed by atoms with E-state index in [2.05, 4.69) is 20.4 Å². The number of ether oxygens (including phenoxy) is 2. The molecule has 1 aliphatic rings. The number of nitrogens with one attached hydrogen (secondary N) is 1. The number of imidazole rings is 1. The largest absolute Gasteiger partial charge is 0.493 e. The summed E-state index contributed by atoms with van der Waals surface area (Å²) in [5, 5.41) is 8.00. The van der Waals surface area contributed by atoms with Gasteiger partial charge in [-0.15, -0.1) is 0 Å². The molecule has 188 valence electrons. The van der Waals surface area contributed by atoms with E-state index in [1.807, 2.05) is 18.2 Å². The monoisotopic (exact) mass is 498 g/mol. The van der Waals surface area contributed by atoms with Crippen molar-refractivity contribution in [3.05, 3.63) is 53.9 Å². The molecule has 0 bridgehead atoms. The normalized spacial score (nSPS) is 14.8. The molecule has 0 saturated carbocycles. The molecule has 1 aromatic carbocycles. The quantitative estimate of drug-likeness (QED) is 0.418. The van der Waals surface area contributed by atoms with Crippen molar-refractivity contribution < 1.29 is 22.6 Å². The molecule has 0 atom stereocenters. The van der Waals surface area contributed by atoms with Gasteiger partial charge in [-0.05, 0) is 69.3 Å². The molecule has 3 N–H and O–H groups in total. The van der Waals surface area contributed by atoms with Gasteiger partial charge >= 0.3 is 6.18 Å². The molecule has 36 heavy (non-hydrogen) atoms. The number of nitrogen functional groups attached to an aromatic ring is 1. The van der Waals surface area contributed by atoms with Gasteiger partial charge in [-0.25, -0.2) is 14.5 Å². The van der Waals surface area contributed by atoms with Crippen LogP contribution in [0.25, 0.3) is 28.2 Å². The average Bonchev–Trinajstić information content (AvgIpc) is 3.19. The van der Waals surface area contributed by atoms with E-state index in [9.17, 15) is 13.2 Å². The molecular formula is C25H25F3N6O2. The van der Waals surface area contributed by atoms with Gasteiger partial charge in [-0.1, -0.05) is 0 Å². The van der Waals surface area contributed by atoms with Crippen molar-refractivity contribution in [3.63, 3.8) is 0 Å². The SMILES string of the molecule is COc1cc(-c2ccc3nc(C)c(-c4cnc(N)c(C(F)(F)F)c4)n3n2)ccc1OC1CCNCC1. The van der Waals surface area contributed by atoms with Crippen LogP contribution in [0.3, 0.4) is 0 Å². The highest BCUT2D eigenvalue weighted by Crippen LogP contribution is 2.37. The zero-order valence-corrected chi connectivity index (χ0v) is 19.8. The van der Waals surface area contributed by atoms with Gasteiger partial charge in [-0.3, -0.25) is 0 Å². The second kappa shape index (κ2) is 9.30. The van der Waals surface area contributed by atoms with Crippen LogP contribution in [0.4, 0.5) is 19.0 Å². The lowest BCUT2D eigenvalue weighted by Crippen LogP contribution is -2.34. The Labute approximate surface area is 205 Å². The summed E-state index contributed by atoms with van der Waals surface area (Å²) in [7, 11) is 1.58. The van der Waals surface area contributed by atoms with Crippen LogP contribution in [0, 0.1) is 6.92 Å². The molecule has 0 spiro atoms. The van der Waals surface area contributed by atoms with Crippen LogP contribution in [0.2, 0.25) is 0 Å². The van der Waals surface area contributed by atoms with E-state index < -0.39 is 17.6 Å². The molecule has 5 rings (SSSR count). The average molecular weight is 499 g/mol. The number of pyridine rings is 1. The molecule has 8 nitrogen and oxygen atoms in total. The molecule has 0 aliphatic carbocycles. The number of fused-ring (bicyclic) bond motifs is 1. The van der Waals surface area contributed by atoms with E-state index in [0.29, 0.717) is 34.2 Å². The maximum atomic E-state index is 13.4. The number of methoxy groups -OCH3 is 1. The molecule has 1 saturated heterocycles. The van der Waals surface area contributed by atoms with Crippen molar-refractivity contribution in [2.75, 3.05) is 25.9 Å². The van der Waals surface area contributed by atoms with Crippen LogP contribution in [-0.4, -0.2) is 45.9 Å². The number of halogens is 3. The number of aryl methyl sites for hydroxylation is 1. The maximum Gasteiger partial charge on any atom is 0.419 e. The number of nitrogens with two attached hydrogens (primary N) is 1. The summed E-state index contributed by atoms with van der Waals surface area (Å²) >= 11 is 0. The minimum atomic E-state index is -4.63. The maximum absolute atomic E-state index is 13.4. The first kappa shape index (κ1) is 23.9. The van der Waals surface area contributed by atoms with Crippen LogP contribution in [-0.2, 0) is 6.18 Å². The standard InChI is InChI=1S/C25H25F3N6O2/c1-14-23(16-11-18(25(26,27)28)24(29)31-13-16)34-22(32-14)6-4-19(33-34)15-3-5-20(21(12-15)35-2)36-17-7-9-30-10-8-17/h3-6,11-13,17,30H,7-10H2,1-2H3,(H2,29,31). The first-order valence-electron chi connectivity index (χ1n) is 11.5. The molecule has 4 aromatic rings. The Morgan fingerprint density at radius 3 is 2.56 bits per heavy atom. The molecule has 11 heteroatoms. The van der Waals surface area contributed by atoms with Crippen LogP contribution < -0.4 is 20.5 Å². The number of aromatic nitrogens is 4. The number of nitrogens with zero attached hydrogens (tertiary/aromatic N) is 4. The molecule has 4 heterocycles. The lowest BCUT2D eigenvalue weighted by atomic mass is 10.1. The minimum Gasteiger partial charge on any atom is -0.493 e. The predicted molar refractivity (Wildman–Crippen MR) is 129 cm³/mol. The van der Waals surface area contributed by atoms with E-state index in [1.54, 1.807) is 26.2 Å². The van der Waals surface area contributed by atoms with Crippen molar-refractivity contribution in [1.29, 1.82) is 0 Å². The molecule has 3 aromatic heterocycles. The van der Waals surface area contributed by atoms with Gasteiger partial charge in [0.15, 0.2) is 17.1 Å². The Hall–Kier alpha value is -3.86. The van der Waals surface area contributed by atoms with E-state index in [1.165, 1.54) is 10.7 Å². The summed E-state index contributed by atoms with van der Waals surface area (Å²) in [6, 6.07) is 10.1. The fraction of sp³-hybridized carbons (Fsp3) is 0.320. The molecule has 1 aliphatic heterocycles. The number of alkyl halides is 3. The van der Waals surface area contributed by atoms with E-state index >= 15 is 0 Å². The highest BCUT2D eigenvalue weighted by atomic mass is 19.4. The Morgan fingerprint density at radius 2 is 1.83 bits per heavy atom. The summed E-state index contributed by atoms with van der Waals surface area (Å²) in [5.74, 6) is 0.652. The summed E-state index contributed by atoms with van der Waals surface area (Å²) < 4.78 is 53.6. The minimum absolute atomic E-state index is 0.118. The Kier molecular flexibility index (Phi) is 6.17. The summed E-state index contributed by atoms with van der Waals surface area (Å²) in [5.41, 5.74) is 7.47. The zero-order valence-electron chi connectivity index (χ0n) is 19.8. The summed E-state index contributed by atoms with van der Waals surface area (Å²) in [4.78, 5) is 8.23. The molecule has 0 unspecified atom stereocenters. The van der Waals surface area contributed by atoms with Gasteiger partial charge in [0.1, 0.15) is 11.9 Å². The predicted octanol–water partition coefficient (Wildman–Crippen LogP) is 4.51. The lowest BCUT2D eigenvalue weighted by molar-refractivity contribution is -0.137. The Balaban J connectivity index is 1.54. The smallest absolute Gasteiger partial charge is 0.419 e. The molecule has 0 radical (unpaired) electrons. The lowest BCUT2D eigenvalue weighted by Gasteiger charge is -2.24. The third-order valence-corrected chi connectivity index (χ3v) is 6.19. The van der Waals surface area contributed by atoms with Crippen molar-refractivity contribution in [2.24, 2.45) is 0 Å². The summed E-state index contributed by atoms with van der Waals surface area (Å²) in [6.45, 7) is 3.54. The van der Waals surface area contributed by atoms with Gasteiger partial charge in [0.05, 0.1) is 29.8 Å². The molecule has 1 fully saturated rings. The topological polar surface area (TPSA) is 99.6 Å². The van der Waals surface area contributed by atoms with Crippen molar-refractivity contribution >= 4 is 11.5 Å². The van der Waals surface area contributed by atoms with Crippen molar-refractivity contribution in [3.8, 4) is 34.0 Å². The molecular weight excluding hydrogens is 473 g/mol. The van der Waals surface area contributed by atoms with Gasteiger partial charge in [0.25, 0.3) is 0 Å². The third-order valence-electron chi connectivity index (χ3n) is 6.19. The fourth-order valence-electron chi connectivity index (χ4n) is 4.38. The number of hydrogen-bond acceptors (Lipinski definition) is 7. The number of anilines is 1. The van der Waals surface area contributed by atoms with Crippen molar-refractivity contribution in [1.82, 2.24) is 24.9 Å². The van der Waals surface area contributed by atoms with Crippen LogP contribution in [0.15, 0.2) is 42.6 Å². The van der Waals surface area contributed by atoms with Gasteiger partial charge in [0.2, 0.25) is 0 Å². The van der Waals surface area contributed by atoms with Crippen molar-refractivity contribution in [2.45, 2.75) is 32.0 Å². The number of hydrogen-bond donors (Lipinski definition) is 2. The van der Waals surface area contributed by atoms with Gasteiger partial charge in [-0.2, -0.15) is 18.3 Å².